The van der Waals surface area contributed by atoms with Crippen molar-refractivity contribution in [2.24, 2.45) is 0 Å². The molecule has 31 heavy (non-hydrogen) atoms. The van der Waals surface area contributed by atoms with E-state index in [-0.39, 0.29) is 16.2 Å². The Morgan fingerprint density at radius 3 is 2.39 bits per heavy atom. The third-order valence-corrected chi connectivity index (χ3v) is 7.12. The minimum Gasteiger partial charge on any atom is -0.435 e. The zero-order valence-corrected chi connectivity index (χ0v) is 18.1. The summed E-state index contributed by atoms with van der Waals surface area (Å²) in [6.45, 7) is -0.273. The third-order valence-electron chi connectivity index (χ3n) is 5.23. The van der Waals surface area contributed by atoms with E-state index in [1.165, 1.54) is 28.6 Å². The van der Waals surface area contributed by atoms with Crippen molar-refractivity contribution in [2.45, 2.75) is 50.2 Å². The van der Waals surface area contributed by atoms with Crippen molar-refractivity contribution in [3.63, 3.8) is 0 Å². The average Bonchev–Trinajstić information content (AvgIpc) is 3.04. The molecule has 1 unspecified atom stereocenters. The average molecular weight is 453 g/mol. The molecule has 1 fully saturated rings. The van der Waals surface area contributed by atoms with E-state index in [1.807, 2.05) is 0 Å². The lowest BCUT2D eigenvalue weighted by molar-refractivity contribution is -0.0499. The van der Waals surface area contributed by atoms with Crippen LogP contribution in [0.4, 0.5) is 8.78 Å². The van der Waals surface area contributed by atoms with Crippen LogP contribution in [0.5, 0.6) is 5.75 Å². The first-order valence-corrected chi connectivity index (χ1v) is 11.7. The molecule has 0 saturated carbocycles. The Hall–Kier alpha value is -2.52. The van der Waals surface area contributed by atoms with Crippen LogP contribution in [0.1, 0.15) is 54.6 Å². The maximum absolute atomic E-state index is 13.0. The van der Waals surface area contributed by atoms with Gasteiger partial charge in [-0.15, -0.1) is 0 Å². The Morgan fingerprint density at radius 1 is 1.03 bits per heavy atom. The Morgan fingerprint density at radius 2 is 1.71 bits per heavy atom. The standard InChI is InChI=1S/C22H26F2N2O4S/c1-16(17-8-6-10-19(14-17)30-22(23)24)25-21(27)18-9-7-11-20(15-18)31(28,29)26-12-4-2-3-5-13-26/h6-11,14-16,22H,2-5,12-13H2,1H3,(H,25,27). The number of sulfonamides is 1. The summed E-state index contributed by atoms with van der Waals surface area (Å²) in [5.74, 6) is -0.459. The smallest absolute Gasteiger partial charge is 0.387 e. The van der Waals surface area contributed by atoms with E-state index >= 15 is 0 Å². The molecule has 0 radical (unpaired) electrons. The number of hydrogen-bond donors (Lipinski definition) is 1. The molecule has 1 amide bonds. The Bertz CT molecular complexity index is 1010. The van der Waals surface area contributed by atoms with Crippen LogP contribution >= 0.6 is 0 Å². The molecule has 3 rings (SSSR count). The molecule has 1 atom stereocenters. The van der Waals surface area contributed by atoms with Crippen LogP contribution in [0, 0.1) is 0 Å². The number of carbonyl (C=O) groups excluding carboxylic acids is 1. The van der Waals surface area contributed by atoms with Gasteiger partial charge in [0, 0.05) is 18.7 Å². The van der Waals surface area contributed by atoms with Crippen LogP contribution in [0.2, 0.25) is 0 Å². The predicted octanol–water partition coefficient (Wildman–Crippen LogP) is 4.34. The number of nitrogens with zero attached hydrogens (tertiary/aromatic N) is 1. The number of carbonyl (C=O) groups is 1. The van der Waals surface area contributed by atoms with Crippen molar-refractivity contribution in [3.8, 4) is 5.75 Å². The molecule has 1 heterocycles. The van der Waals surface area contributed by atoms with Crippen LogP contribution in [-0.4, -0.2) is 38.3 Å². The number of ether oxygens (including phenoxy) is 1. The molecule has 0 bridgehead atoms. The molecule has 1 aliphatic rings. The number of rotatable bonds is 7. The number of amides is 1. The van der Waals surface area contributed by atoms with E-state index in [4.69, 9.17) is 0 Å². The fraction of sp³-hybridized carbons (Fsp3) is 0.409. The van der Waals surface area contributed by atoms with Crippen molar-refractivity contribution < 1.29 is 26.7 Å². The zero-order valence-electron chi connectivity index (χ0n) is 17.3. The Balaban J connectivity index is 1.74. The molecular formula is C22H26F2N2O4S. The molecule has 0 aliphatic carbocycles. The Labute approximate surface area is 181 Å². The normalized spacial score (nSPS) is 16.5. The van der Waals surface area contributed by atoms with Gasteiger partial charge >= 0.3 is 6.61 Å². The maximum Gasteiger partial charge on any atom is 0.387 e. The maximum atomic E-state index is 13.0. The van der Waals surface area contributed by atoms with Gasteiger partial charge in [-0.25, -0.2) is 8.42 Å². The van der Waals surface area contributed by atoms with Crippen LogP contribution < -0.4 is 10.1 Å². The van der Waals surface area contributed by atoms with E-state index in [0.717, 1.165) is 25.7 Å². The SMILES string of the molecule is CC(NC(=O)c1cccc(S(=O)(=O)N2CCCCCC2)c1)c1cccc(OC(F)F)c1. The second-order valence-electron chi connectivity index (χ2n) is 7.49. The van der Waals surface area contributed by atoms with Gasteiger partial charge in [0.25, 0.3) is 5.91 Å². The van der Waals surface area contributed by atoms with Gasteiger partial charge in [-0.3, -0.25) is 4.79 Å². The number of halogens is 2. The second kappa shape index (κ2) is 10.2. The van der Waals surface area contributed by atoms with Gasteiger partial charge in [0.1, 0.15) is 5.75 Å². The van der Waals surface area contributed by atoms with Gasteiger partial charge in [0.15, 0.2) is 0 Å². The molecule has 0 spiro atoms. The Kier molecular flexibility index (Phi) is 7.61. The van der Waals surface area contributed by atoms with Gasteiger partial charge in [0.2, 0.25) is 10.0 Å². The van der Waals surface area contributed by atoms with Gasteiger partial charge in [-0.05, 0) is 55.7 Å². The van der Waals surface area contributed by atoms with Crippen LogP contribution in [-0.2, 0) is 10.0 Å². The van der Waals surface area contributed by atoms with Gasteiger partial charge < -0.3 is 10.1 Å². The topological polar surface area (TPSA) is 75.7 Å². The molecule has 0 aromatic heterocycles. The van der Waals surface area contributed by atoms with Crippen LogP contribution in [0.3, 0.4) is 0 Å². The fourth-order valence-corrected chi connectivity index (χ4v) is 5.12. The summed E-state index contributed by atoms with van der Waals surface area (Å²) in [5.41, 5.74) is 0.794. The number of hydrogen-bond acceptors (Lipinski definition) is 4. The van der Waals surface area contributed by atoms with Gasteiger partial charge in [-0.2, -0.15) is 13.1 Å². The van der Waals surface area contributed by atoms with Gasteiger partial charge in [-0.1, -0.05) is 31.0 Å². The lowest BCUT2D eigenvalue weighted by Crippen LogP contribution is -2.32. The molecule has 2 aromatic carbocycles. The van der Waals surface area contributed by atoms with Crippen molar-refractivity contribution in [2.75, 3.05) is 13.1 Å². The second-order valence-corrected chi connectivity index (χ2v) is 9.43. The van der Waals surface area contributed by atoms with Crippen molar-refractivity contribution in [1.82, 2.24) is 9.62 Å². The molecular weight excluding hydrogens is 426 g/mol. The quantitative estimate of drug-likeness (QED) is 0.678. The number of alkyl halides is 2. The number of benzene rings is 2. The summed E-state index contributed by atoms with van der Waals surface area (Å²) in [6, 6.07) is 11.5. The lowest BCUT2D eigenvalue weighted by Gasteiger charge is -2.20. The highest BCUT2D eigenvalue weighted by Crippen LogP contribution is 2.23. The lowest BCUT2D eigenvalue weighted by atomic mass is 10.1. The minimum atomic E-state index is -3.67. The van der Waals surface area contributed by atoms with Crippen LogP contribution in [0.15, 0.2) is 53.4 Å². The number of nitrogens with one attached hydrogen (secondary N) is 1. The molecule has 1 N–H and O–H groups in total. The van der Waals surface area contributed by atoms with Crippen LogP contribution in [0.25, 0.3) is 0 Å². The molecule has 1 aliphatic heterocycles. The predicted molar refractivity (Wildman–Crippen MR) is 113 cm³/mol. The molecule has 168 valence electrons. The van der Waals surface area contributed by atoms with Gasteiger partial charge in [0.05, 0.1) is 10.9 Å². The largest absolute Gasteiger partial charge is 0.435 e. The summed E-state index contributed by atoms with van der Waals surface area (Å²) in [6.07, 6.45) is 3.67. The first kappa shape index (κ1) is 23.1. The zero-order chi connectivity index (χ0) is 22.4. The highest BCUT2D eigenvalue weighted by atomic mass is 32.2. The van der Waals surface area contributed by atoms with E-state index in [9.17, 15) is 22.0 Å². The molecule has 9 heteroatoms. The molecule has 6 nitrogen and oxygen atoms in total. The highest BCUT2D eigenvalue weighted by molar-refractivity contribution is 7.89. The van der Waals surface area contributed by atoms with E-state index in [1.54, 1.807) is 31.2 Å². The summed E-state index contributed by atoms with van der Waals surface area (Å²) in [7, 11) is -3.67. The van der Waals surface area contributed by atoms with Crippen molar-refractivity contribution in [1.29, 1.82) is 0 Å². The summed E-state index contributed by atoms with van der Waals surface area (Å²) in [4.78, 5) is 12.8. The summed E-state index contributed by atoms with van der Waals surface area (Å²) >= 11 is 0. The first-order chi connectivity index (χ1) is 14.8. The fourth-order valence-electron chi connectivity index (χ4n) is 3.55. The monoisotopic (exact) mass is 452 g/mol. The minimum absolute atomic E-state index is 0.000797. The molecule has 2 aromatic rings. The van der Waals surface area contributed by atoms with E-state index < -0.39 is 28.6 Å². The molecule has 1 saturated heterocycles. The van der Waals surface area contributed by atoms with Crippen molar-refractivity contribution in [3.05, 3.63) is 59.7 Å². The summed E-state index contributed by atoms with van der Waals surface area (Å²) in [5, 5.41) is 2.77. The third kappa shape index (κ3) is 6.01. The first-order valence-electron chi connectivity index (χ1n) is 10.2. The highest BCUT2D eigenvalue weighted by Gasteiger charge is 2.26. The van der Waals surface area contributed by atoms with Crippen molar-refractivity contribution >= 4 is 15.9 Å². The summed E-state index contributed by atoms with van der Waals surface area (Å²) < 4.78 is 56.7. The van der Waals surface area contributed by atoms with E-state index in [2.05, 4.69) is 10.1 Å². The van der Waals surface area contributed by atoms with E-state index in [0.29, 0.717) is 18.7 Å².